The summed E-state index contributed by atoms with van der Waals surface area (Å²) in [6.07, 6.45) is 12.0. The zero-order chi connectivity index (χ0) is 25.9. The Morgan fingerprint density at radius 2 is 0.789 bits per heavy atom. The Balaban J connectivity index is 1.56. The van der Waals surface area contributed by atoms with Crippen molar-refractivity contribution < 1.29 is 10.2 Å². The van der Waals surface area contributed by atoms with Gasteiger partial charge in [-0.1, -0.05) is 99.2 Å². The van der Waals surface area contributed by atoms with E-state index < -0.39 is 0 Å². The predicted molar refractivity (Wildman–Crippen MR) is 158 cm³/mol. The molecule has 4 aromatic carbocycles. The topological polar surface area (TPSA) is 40.5 Å². The largest absolute Gasteiger partial charge is 0.507 e. The fraction of sp³-hybridized carbons (Fsp3) is 0.333. The molecule has 194 valence electrons. The molecular formula is C36H38O2. The molecule has 6 rings (SSSR count). The van der Waals surface area contributed by atoms with Crippen LogP contribution in [0.25, 0.3) is 33.4 Å². The maximum Gasteiger partial charge on any atom is 0.126 e. The van der Waals surface area contributed by atoms with Gasteiger partial charge in [0, 0.05) is 11.1 Å². The quantitative estimate of drug-likeness (QED) is 0.285. The standard InChI is InChI=1S/C36H38O2/c37-35-31(25-13-5-1-6-14-25)21-29(22-32(35)26-15-7-2-8-16-26)30-23-33(27-17-9-3-10-18-27)36(38)34(24-30)28-19-11-4-12-20-28/h1,3,5-6,9-10,13-14,17-18,21-24,26,28,37-38H,2,4,7-8,11-12,15-16,19-20H2. The van der Waals surface area contributed by atoms with E-state index in [4.69, 9.17) is 0 Å². The molecule has 0 aliphatic heterocycles. The van der Waals surface area contributed by atoms with E-state index in [9.17, 15) is 10.2 Å². The van der Waals surface area contributed by atoms with Gasteiger partial charge < -0.3 is 10.2 Å². The fourth-order valence-corrected chi connectivity index (χ4v) is 6.77. The van der Waals surface area contributed by atoms with Gasteiger partial charge in [0.25, 0.3) is 0 Å². The van der Waals surface area contributed by atoms with Crippen molar-refractivity contribution in [3.8, 4) is 44.9 Å². The lowest BCUT2D eigenvalue weighted by Gasteiger charge is -2.26. The molecule has 0 heterocycles. The molecule has 2 aliphatic carbocycles. The summed E-state index contributed by atoms with van der Waals surface area (Å²) in [5.74, 6) is 1.63. The summed E-state index contributed by atoms with van der Waals surface area (Å²) in [6.45, 7) is 0. The summed E-state index contributed by atoms with van der Waals surface area (Å²) in [5, 5.41) is 23.1. The number of aromatic hydroxyl groups is 2. The van der Waals surface area contributed by atoms with Crippen LogP contribution in [0.1, 0.15) is 87.2 Å². The van der Waals surface area contributed by atoms with Crippen LogP contribution >= 0.6 is 0 Å². The minimum Gasteiger partial charge on any atom is -0.507 e. The molecule has 0 aromatic heterocycles. The van der Waals surface area contributed by atoms with Crippen LogP contribution in [0.5, 0.6) is 11.5 Å². The first-order chi connectivity index (χ1) is 18.7. The first-order valence-electron chi connectivity index (χ1n) is 14.5. The zero-order valence-corrected chi connectivity index (χ0v) is 22.2. The molecule has 2 nitrogen and oxygen atoms in total. The minimum atomic E-state index is 0.384. The van der Waals surface area contributed by atoms with Crippen molar-refractivity contribution in [2.45, 2.75) is 76.0 Å². The van der Waals surface area contributed by atoms with Crippen molar-refractivity contribution in [3.05, 3.63) is 96.1 Å². The normalized spacial score (nSPS) is 16.9. The molecule has 0 radical (unpaired) electrons. The molecule has 4 aromatic rings. The molecule has 0 spiro atoms. The highest BCUT2D eigenvalue weighted by molar-refractivity contribution is 5.84. The molecule has 0 atom stereocenters. The van der Waals surface area contributed by atoms with E-state index in [1.54, 1.807) is 0 Å². The number of hydrogen-bond acceptors (Lipinski definition) is 2. The molecular weight excluding hydrogens is 464 g/mol. The molecule has 38 heavy (non-hydrogen) atoms. The first-order valence-corrected chi connectivity index (χ1v) is 14.5. The van der Waals surface area contributed by atoms with Gasteiger partial charge in [-0.15, -0.1) is 0 Å². The highest BCUT2D eigenvalue weighted by Crippen LogP contribution is 2.47. The summed E-state index contributed by atoms with van der Waals surface area (Å²) >= 11 is 0. The van der Waals surface area contributed by atoms with E-state index in [1.165, 1.54) is 38.5 Å². The third-order valence-corrected chi connectivity index (χ3v) is 8.87. The van der Waals surface area contributed by atoms with Crippen LogP contribution in [0, 0.1) is 0 Å². The van der Waals surface area contributed by atoms with Gasteiger partial charge in [0.2, 0.25) is 0 Å². The van der Waals surface area contributed by atoms with Crippen molar-refractivity contribution >= 4 is 0 Å². The van der Waals surface area contributed by atoms with E-state index in [0.29, 0.717) is 23.3 Å². The highest BCUT2D eigenvalue weighted by atomic mass is 16.3. The summed E-state index contributed by atoms with van der Waals surface area (Å²) in [7, 11) is 0. The van der Waals surface area contributed by atoms with Gasteiger partial charge in [0.15, 0.2) is 0 Å². The number of rotatable bonds is 5. The number of phenols is 2. The maximum absolute atomic E-state index is 11.6. The average molecular weight is 503 g/mol. The zero-order valence-electron chi connectivity index (χ0n) is 22.2. The minimum absolute atomic E-state index is 0.384. The van der Waals surface area contributed by atoms with Crippen LogP contribution in [0.3, 0.4) is 0 Å². The molecule has 0 amide bonds. The van der Waals surface area contributed by atoms with Crippen molar-refractivity contribution in [3.63, 3.8) is 0 Å². The van der Waals surface area contributed by atoms with E-state index in [1.807, 2.05) is 36.4 Å². The third-order valence-electron chi connectivity index (χ3n) is 8.87. The van der Waals surface area contributed by atoms with Crippen LogP contribution in [-0.4, -0.2) is 10.2 Å². The lowest BCUT2D eigenvalue weighted by Crippen LogP contribution is -2.06. The van der Waals surface area contributed by atoms with Gasteiger partial charge in [-0.3, -0.25) is 0 Å². The van der Waals surface area contributed by atoms with E-state index >= 15 is 0 Å². The Morgan fingerprint density at radius 1 is 0.421 bits per heavy atom. The molecule has 0 saturated heterocycles. The molecule has 2 aliphatic rings. The highest BCUT2D eigenvalue weighted by Gasteiger charge is 2.25. The average Bonchev–Trinajstić information content (AvgIpc) is 2.99. The van der Waals surface area contributed by atoms with Crippen LogP contribution in [-0.2, 0) is 0 Å². The number of hydrogen-bond donors (Lipinski definition) is 2. The fourth-order valence-electron chi connectivity index (χ4n) is 6.77. The van der Waals surface area contributed by atoms with Crippen LogP contribution in [0.15, 0.2) is 84.9 Å². The SMILES string of the molecule is Oc1c(-c2ccccc2)cc(-c2cc(-c3ccccc3)c(O)c(C3CCCCC3)c2)cc1C1CCCCC1. The number of benzene rings is 4. The molecule has 0 unspecified atom stereocenters. The van der Waals surface area contributed by atoms with Crippen LogP contribution < -0.4 is 0 Å². The van der Waals surface area contributed by atoms with Gasteiger partial charge in [-0.25, -0.2) is 0 Å². The molecule has 2 N–H and O–H groups in total. The second-order valence-electron chi connectivity index (χ2n) is 11.3. The lowest BCUT2D eigenvalue weighted by atomic mass is 9.79. The Bertz CT molecular complexity index is 1270. The first kappa shape index (κ1) is 24.8. The lowest BCUT2D eigenvalue weighted by molar-refractivity contribution is 0.415. The van der Waals surface area contributed by atoms with Gasteiger partial charge in [-0.2, -0.15) is 0 Å². The van der Waals surface area contributed by atoms with Crippen molar-refractivity contribution in [2.75, 3.05) is 0 Å². The summed E-state index contributed by atoms with van der Waals surface area (Å²) in [5.41, 5.74) is 8.28. The Kier molecular flexibility index (Phi) is 7.22. The van der Waals surface area contributed by atoms with Gasteiger partial charge in [0.1, 0.15) is 11.5 Å². The van der Waals surface area contributed by atoms with Crippen molar-refractivity contribution in [1.82, 2.24) is 0 Å². The van der Waals surface area contributed by atoms with Crippen molar-refractivity contribution in [1.29, 1.82) is 0 Å². The monoisotopic (exact) mass is 502 g/mol. The summed E-state index contributed by atoms with van der Waals surface area (Å²) < 4.78 is 0. The Hall–Kier alpha value is -3.52. The molecule has 2 heteroatoms. The smallest absolute Gasteiger partial charge is 0.126 e. The molecule has 2 fully saturated rings. The van der Waals surface area contributed by atoms with Gasteiger partial charge >= 0.3 is 0 Å². The molecule has 0 bridgehead atoms. The van der Waals surface area contributed by atoms with Crippen LogP contribution in [0.2, 0.25) is 0 Å². The van der Waals surface area contributed by atoms with Gasteiger partial charge in [-0.05, 0) is 95.2 Å². The van der Waals surface area contributed by atoms with E-state index in [2.05, 4.69) is 48.5 Å². The van der Waals surface area contributed by atoms with Crippen LogP contribution in [0.4, 0.5) is 0 Å². The summed E-state index contributed by atoms with van der Waals surface area (Å²) in [4.78, 5) is 0. The number of phenolic OH excluding ortho intramolecular Hbond substituents is 2. The maximum atomic E-state index is 11.6. The second kappa shape index (κ2) is 11.1. The molecule has 2 saturated carbocycles. The van der Waals surface area contributed by atoms with E-state index in [-0.39, 0.29) is 0 Å². The van der Waals surface area contributed by atoms with Gasteiger partial charge in [0.05, 0.1) is 0 Å². The third kappa shape index (κ3) is 4.97. The second-order valence-corrected chi connectivity index (χ2v) is 11.3. The Labute approximate surface area is 227 Å². The Morgan fingerprint density at radius 3 is 1.16 bits per heavy atom. The summed E-state index contributed by atoms with van der Waals surface area (Å²) in [6, 6.07) is 29.3. The van der Waals surface area contributed by atoms with E-state index in [0.717, 1.165) is 70.2 Å². The van der Waals surface area contributed by atoms with Crippen molar-refractivity contribution in [2.24, 2.45) is 0 Å². The predicted octanol–water partition coefficient (Wildman–Crippen LogP) is 10.2.